The Balaban J connectivity index is 5.07. The molecule has 0 rings (SSSR count). The summed E-state index contributed by atoms with van der Waals surface area (Å²) in [6.45, 7) is 1.76. The van der Waals surface area contributed by atoms with Crippen LogP contribution in [0.2, 0.25) is 0 Å². The van der Waals surface area contributed by atoms with E-state index in [1.807, 2.05) is 0 Å². The number of hydrogen-bond donors (Lipinski definition) is 10. The highest BCUT2D eigenvalue weighted by Gasteiger charge is 2.28. The maximum Gasteiger partial charge on any atom is 0.326 e. The zero-order chi connectivity index (χ0) is 28.5. The highest BCUT2D eigenvalue weighted by Crippen LogP contribution is 2.03. The molecule has 0 bridgehead atoms. The van der Waals surface area contributed by atoms with Gasteiger partial charge in [-0.1, -0.05) is 0 Å². The Hall–Kier alpha value is -4.15. The van der Waals surface area contributed by atoms with Crippen LogP contribution >= 0.6 is 0 Å². The number of nitrogens with zero attached hydrogens (tertiary/aromatic N) is 2. The van der Waals surface area contributed by atoms with Gasteiger partial charge in [0.25, 0.3) is 0 Å². The molecule has 4 atom stereocenters. The lowest BCUT2D eigenvalue weighted by atomic mass is 10.1. The molecule has 0 saturated heterocycles. The molecule has 210 valence electrons. The van der Waals surface area contributed by atoms with Crippen LogP contribution in [0.15, 0.2) is 9.98 Å². The number of amides is 4. The molecule has 37 heavy (non-hydrogen) atoms. The largest absolute Gasteiger partial charge is 0.480 e. The molecule has 0 heterocycles. The summed E-state index contributed by atoms with van der Waals surface area (Å²) in [5, 5.41) is 16.5. The zero-order valence-electron chi connectivity index (χ0n) is 20.8. The molecule has 0 aromatic rings. The van der Waals surface area contributed by atoms with Crippen molar-refractivity contribution in [2.24, 2.45) is 44.4 Å². The van der Waals surface area contributed by atoms with Crippen molar-refractivity contribution in [2.45, 2.75) is 69.6 Å². The number of aliphatic imine (C=N–C) groups is 2. The maximum atomic E-state index is 12.8. The summed E-state index contributed by atoms with van der Waals surface area (Å²) in [6.07, 6.45) is 0.560. The van der Waals surface area contributed by atoms with E-state index in [9.17, 15) is 29.1 Å². The number of nitrogens with two attached hydrogens (primary N) is 6. The highest BCUT2D eigenvalue weighted by molar-refractivity contribution is 5.94. The first kappa shape index (κ1) is 32.9. The summed E-state index contributed by atoms with van der Waals surface area (Å²) in [4.78, 5) is 67.9. The minimum absolute atomic E-state index is 0.0386. The van der Waals surface area contributed by atoms with E-state index in [-0.39, 0.29) is 57.1 Å². The predicted octanol–water partition coefficient (Wildman–Crippen LogP) is -4.75. The van der Waals surface area contributed by atoms with Crippen LogP contribution in [0.1, 0.15) is 45.4 Å². The molecular formula is C20H39N11O6. The summed E-state index contributed by atoms with van der Waals surface area (Å²) >= 11 is 0. The topological polar surface area (TPSA) is 323 Å². The van der Waals surface area contributed by atoms with Gasteiger partial charge in [0.05, 0.1) is 6.04 Å². The van der Waals surface area contributed by atoms with Crippen LogP contribution in [0.3, 0.4) is 0 Å². The lowest BCUT2D eigenvalue weighted by Gasteiger charge is -2.23. The number of hydrogen-bond acceptors (Lipinski definition) is 8. The van der Waals surface area contributed by atoms with Crippen molar-refractivity contribution >= 4 is 41.5 Å². The van der Waals surface area contributed by atoms with Gasteiger partial charge in [-0.25, -0.2) is 4.79 Å². The molecule has 0 spiro atoms. The highest BCUT2D eigenvalue weighted by atomic mass is 16.4. The van der Waals surface area contributed by atoms with Gasteiger partial charge in [-0.3, -0.25) is 29.2 Å². The smallest absolute Gasteiger partial charge is 0.326 e. The van der Waals surface area contributed by atoms with Gasteiger partial charge >= 0.3 is 5.97 Å². The van der Waals surface area contributed by atoms with Crippen LogP contribution in [0.5, 0.6) is 0 Å². The number of nitrogens with one attached hydrogen (secondary N) is 3. The summed E-state index contributed by atoms with van der Waals surface area (Å²) in [6, 6.07) is -4.64. The second-order valence-electron chi connectivity index (χ2n) is 8.20. The van der Waals surface area contributed by atoms with E-state index in [2.05, 4.69) is 25.9 Å². The first-order chi connectivity index (χ1) is 17.2. The Morgan fingerprint density at radius 1 is 0.730 bits per heavy atom. The van der Waals surface area contributed by atoms with Crippen LogP contribution in [0.25, 0.3) is 0 Å². The number of aliphatic carboxylic acids is 1. The molecule has 17 nitrogen and oxygen atoms in total. The molecule has 0 aliphatic rings. The van der Waals surface area contributed by atoms with Gasteiger partial charge in [0, 0.05) is 19.5 Å². The SMILES string of the molecule is CC(NC(=O)C(CCC(N)=O)NC(=O)C(N)CCCN=C(N)N)C(=O)NC(CCCN=C(N)N)C(=O)O. The van der Waals surface area contributed by atoms with Gasteiger partial charge in [0.15, 0.2) is 11.9 Å². The molecule has 4 unspecified atom stereocenters. The minimum atomic E-state index is -1.28. The average molecular weight is 530 g/mol. The normalized spacial score (nSPS) is 13.7. The Morgan fingerprint density at radius 3 is 1.73 bits per heavy atom. The van der Waals surface area contributed by atoms with Crippen molar-refractivity contribution in [1.82, 2.24) is 16.0 Å². The first-order valence-electron chi connectivity index (χ1n) is 11.5. The fraction of sp³-hybridized carbons (Fsp3) is 0.650. The molecule has 0 radical (unpaired) electrons. The number of primary amides is 1. The van der Waals surface area contributed by atoms with Crippen molar-refractivity contribution < 1.29 is 29.1 Å². The van der Waals surface area contributed by atoms with Crippen LogP contribution < -0.4 is 50.4 Å². The fourth-order valence-corrected chi connectivity index (χ4v) is 2.92. The van der Waals surface area contributed by atoms with Crippen molar-refractivity contribution in [1.29, 1.82) is 0 Å². The molecule has 4 amide bonds. The van der Waals surface area contributed by atoms with Gasteiger partial charge in [0.1, 0.15) is 18.1 Å². The van der Waals surface area contributed by atoms with E-state index in [1.165, 1.54) is 6.92 Å². The van der Waals surface area contributed by atoms with Crippen LogP contribution in [-0.2, 0) is 24.0 Å². The molecule has 0 saturated carbocycles. The number of carbonyl (C=O) groups excluding carboxylic acids is 4. The van der Waals surface area contributed by atoms with Crippen molar-refractivity contribution in [2.75, 3.05) is 13.1 Å². The van der Waals surface area contributed by atoms with E-state index in [0.717, 1.165) is 0 Å². The summed E-state index contributed by atoms with van der Waals surface area (Å²) in [5.74, 6) is -4.46. The van der Waals surface area contributed by atoms with Crippen molar-refractivity contribution in [3.63, 3.8) is 0 Å². The number of carboxylic acid groups (broad SMARTS) is 1. The summed E-state index contributed by atoms with van der Waals surface area (Å²) in [5.41, 5.74) is 31.9. The quantitative estimate of drug-likeness (QED) is 0.0456. The van der Waals surface area contributed by atoms with Gasteiger partial charge < -0.3 is 55.5 Å². The second-order valence-corrected chi connectivity index (χ2v) is 8.20. The van der Waals surface area contributed by atoms with Gasteiger partial charge in [-0.05, 0) is 39.0 Å². The first-order valence-corrected chi connectivity index (χ1v) is 11.5. The van der Waals surface area contributed by atoms with Gasteiger partial charge in [-0.2, -0.15) is 0 Å². The van der Waals surface area contributed by atoms with Crippen LogP contribution in [0.4, 0.5) is 0 Å². The molecule has 0 aromatic heterocycles. The zero-order valence-corrected chi connectivity index (χ0v) is 20.8. The Bertz CT molecular complexity index is 856. The van der Waals surface area contributed by atoms with E-state index in [0.29, 0.717) is 6.42 Å². The van der Waals surface area contributed by atoms with E-state index in [1.54, 1.807) is 0 Å². The number of carbonyl (C=O) groups is 5. The van der Waals surface area contributed by atoms with E-state index in [4.69, 9.17) is 34.4 Å². The van der Waals surface area contributed by atoms with E-state index < -0.39 is 53.8 Å². The lowest BCUT2D eigenvalue weighted by molar-refractivity contribution is -0.142. The van der Waals surface area contributed by atoms with Crippen molar-refractivity contribution in [3.8, 4) is 0 Å². The summed E-state index contributed by atoms with van der Waals surface area (Å²) < 4.78 is 0. The molecule has 16 N–H and O–H groups in total. The fourth-order valence-electron chi connectivity index (χ4n) is 2.92. The van der Waals surface area contributed by atoms with Crippen LogP contribution in [-0.4, -0.2) is 83.9 Å². The molecule has 0 aromatic carbocycles. The Kier molecular flexibility index (Phi) is 15.4. The van der Waals surface area contributed by atoms with Crippen molar-refractivity contribution in [3.05, 3.63) is 0 Å². The van der Waals surface area contributed by atoms with Gasteiger partial charge in [0.2, 0.25) is 23.6 Å². The molecule has 17 heteroatoms. The third-order valence-electron chi connectivity index (χ3n) is 4.93. The third-order valence-corrected chi connectivity index (χ3v) is 4.93. The second kappa shape index (κ2) is 17.3. The summed E-state index contributed by atoms with van der Waals surface area (Å²) in [7, 11) is 0. The number of carboxylic acids is 1. The monoisotopic (exact) mass is 529 g/mol. The molecule has 0 aliphatic heterocycles. The number of rotatable bonds is 18. The third kappa shape index (κ3) is 15.5. The van der Waals surface area contributed by atoms with Crippen LogP contribution in [0, 0.1) is 0 Å². The predicted molar refractivity (Wildman–Crippen MR) is 135 cm³/mol. The Morgan fingerprint density at radius 2 is 1.24 bits per heavy atom. The standard InChI is InChI=1S/C20H39N11O6/c1-10(15(33)31-13(18(36)37)5-3-9-28-20(25)26)29-17(35)12(6-7-14(22)32)30-16(34)11(21)4-2-8-27-19(23)24/h10-13H,2-9,21H2,1H3,(H2,22,32)(H,29,35)(H,30,34)(H,31,33)(H,36,37)(H4,23,24,27)(H4,25,26,28). The molecule has 0 aliphatic carbocycles. The molecule has 0 fully saturated rings. The Labute approximate surface area is 214 Å². The van der Waals surface area contributed by atoms with Gasteiger partial charge in [-0.15, -0.1) is 0 Å². The average Bonchev–Trinajstić information content (AvgIpc) is 2.79. The maximum absolute atomic E-state index is 12.8. The number of guanidine groups is 2. The molecular weight excluding hydrogens is 490 g/mol. The lowest BCUT2D eigenvalue weighted by Crippen LogP contribution is -2.56. The van der Waals surface area contributed by atoms with E-state index >= 15 is 0 Å². The minimum Gasteiger partial charge on any atom is -0.480 e.